The standard InChI is InChI=1S/C11H18IN3O/c1-3-4-5-13-6-7-15-8-14-9(2)10(12)11(15)16/h8,13H,3-7H2,1-2H3. The zero-order valence-corrected chi connectivity index (χ0v) is 12.0. The van der Waals surface area contributed by atoms with E-state index in [4.69, 9.17) is 0 Å². The normalized spacial score (nSPS) is 10.7. The molecule has 1 rings (SSSR count). The summed E-state index contributed by atoms with van der Waals surface area (Å²) in [6.07, 6.45) is 4.00. The molecule has 5 heteroatoms. The first-order chi connectivity index (χ1) is 7.66. The van der Waals surface area contributed by atoms with Crippen molar-refractivity contribution in [3.8, 4) is 0 Å². The number of aromatic nitrogens is 2. The summed E-state index contributed by atoms with van der Waals surface area (Å²) in [5.74, 6) is 0. The van der Waals surface area contributed by atoms with Crippen LogP contribution in [-0.4, -0.2) is 22.6 Å². The molecule has 0 amide bonds. The third-order valence-electron chi connectivity index (χ3n) is 2.39. The van der Waals surface area contributed by atoms with Crippen LogP contribution >= 0.6 is 22.6 Å². The van der Waals surface area contributed by atoms with E-state index >= 15 is 0 Å². The number of rotatable bonds is 6. The van der Waals surface area contributed by atoms with Crippen molar-refractivity contribution < 1.29 is 0 Å². The molecule has 16 heavy (non-hydrogen) atoms. The van der Waals surface area contributed by atoms with Gasteiger partial charge in [-0.1, -0.05) is 13.3 Å². The lowest BCUT2D eigenvalue weighted by atomic mass is 10.3. The van der Waals surface area contributed by atoms with E-state index in [2.05, 4.69) is 39.8 Å². The van der Waals surface area contributed by atoms with E-state index in [1.165, 1.54) is 12.8 Å². The molecule has 0 spiro atoms. The molecule has 0 radical (unpaired) electrons. The van der Waals surface area contributed by atoms with Crippen molar-refractivity contribution in [2.24, 2.45) is 0 Å². The molecule has 1 aromatic heterocycles. The molecule has 0 atom stereocenters. The lowest BCUT2D eigenvalue weighted by molar-refractivity contribution is 0.562. The Labute approximate surface area is 110 Å². The van der Waals surface area contributed by atoms with Gasteiger partial charge >= 0.3 is 0 Å². The highest BCUT2D eigenvalue weighted by Gasteiger charge is 2.04. The summed E-state index contributed by atoms with van der Waals surface area (Å²) in [5.41, 5.74) is 0.867. The average molecular weight is 335 g/mol. The lowest BCUT2D eigenvalue weighted by Gasteiger charge is -2.07. The van der Waals surface area contributed by atoms with Gasteiger partial charge in [-0.3, -0.25) is 9.36 Å². The van der Waals surface area contributed by atoms with Gasteiger partial charge < -0.3 is 5.32 Å². The molecule has 90 valence electrons. The van der Waals surface area contributed by atoms with Crippen LogP contribution in [0.15, 0.2) is 11.1 Å². The predicted molar refractivity (Wildman–Crippen MR) is 73.7 cm³/mol. The molecule has 0 aromatic carbocycles. The van der Waals surface area contributed by atoms with Crippen LogP contribution in [0.25, 0.3) is 0 Å². The first kappa shape index (κ1) is 13.6. The Morgan fingerprint density at radius 3 is 2.94 bits per heavy atom. The summed E-state index contributed by atoms with van der Waals surface area (Å²) in [5, 5.41) is 3.31. The Hall–Kier alpha value is -0.430. The van der Waals surface area contributed by atoms with E-state index in [1.807, 2.05) is 6.92 Å². The molecule has 0 aliphatic heterocycles. The molecule has 0 unspecified atom stereocenters. The monoisotopic (exact) mass is 335 g/mol. The van der Waals surface area contributed by atoms with E-state index in [-0.39, 0.29) is 5.56 Å². The topological polar surface area (TPSA) is 46.9 Å². The second-order valence-corrected chi connectivity index (χ2v) is 4.82. The van der Waals surface area contributed by atoms with Crippen molar-refractivity contribution >= 4 is 22.6 Å². The number of unbranched alkanes of at least 4 members (excludes halogenated alkanes) is 1. The van der Waals surface area contributed by atoms with E-state index in [0.717, 1.165) is 18.8 Å². The number of hydrogen-bond donors (Lipinski definition) is 1. The van der Waals surface area contributed by atoms with E-state index in [9.17, 15) is 4.79 Å². The molecule has 0 saturated carbocycles. The highest BCUT2D eigenvalue weighted by Crippen LogP contribution is 2.00. The molecule has 0 fully saturated rings. The van der Waals surface area contributed by atoms with Crippen molar-refractivity contribution in [2.75, 3.05) is 13.1 Å². The molecule has 1 heterocycles. The van der Waals surface area contributed by atoms with Crippen molar-refractivity contribution in [1.82, 2.24) is 14.9 Å². The first-order valence-corrected chi connectivity index (χ1v) is 6.67. The van der Waals surface area contributed by atoms with E-state index in [1.54, 1.807) is 10.9 Å². The van der Waals surface area contributed by atoms with Crippen LogP contribution < -0.4 is 10.9 Å². The molecular formula is C11H18IN3O. The van der Waals surface area contributed by atoms with Crippen molar-refractivity contribution in [2.45, 2.75) is 33.2 Å². The predicted octanol–water partition coefficient (Wildman–Crippen LogP) is 1.55. The summed E-state index contributed by atoms with van der Waals surface area (Å²) in [7, 11) is 0. The Balaban J connectivity index is 2.49. The molecule has 0 aliphatic carbocycles. The maximum atomic E-state index is 11.8. The van der Waals surface area contributed by atoms with Gasteiger partial charge in [0.25, 0.3) is 5.56 Å². The van der Waals surface area contributed by atoms with Crippen LogP contribution in [0.1, 0.15) is 25.5 Å². The lowest BCUT2D eigenvalue weighted by Crippen LogP contribution is -2.29. The molecule has 1 N–H and O–H groups in total. The Kier molecular flexibility index (Phi) is 5.97. The van der Waals surface area contributed by atoms with Gasteiger partial charge in [-0.15, -0.1) is 0 Å². The van der Waals surface area contributed by atoms with Crippen LogP contribution in [0.5, 0.6) is 0 Å². The van der Waals surface area contributed by atoms with Crippen molar-refractivity contribution in [3.05, 3.63) is 25.9 Å². The number of halogens is 1. The van der Waals surface area contributed by atoms with Gasteiger partial charge in [0.2, 0.25) is 0 Å². The third kappa shape index (κ3) is 3.86. The minimum Gasteiger partial charge on any atom is -0.315 e. The number of aryl methyl sites for hydroxylation is 1. The highest BCUT2D eigenvalue weighted by atomic mass is 127. The van der Waals surface area contributed by atoms with Crippen LogP contribution in [0.4, 0.5) is 0 Å². The van der Waals surface area contributed by atoms with Crippen molar-refractivity contribution in [3.63, 3.8) is 0 Å². The molecular weight excluding hydrogens is 317 g/mol. The van der Waals surface area contributed by atoms with Crippen LogP contribution in [0, 0.1) is 10.5 Å². The van der Waals surface area contributed by atoms with Gasteiger partial charge in [-0.2, -0.15) is 0 Å². The molecule has 1 aromatic rings. The quantitative estimate of drug-likeness (QED) is 0.634. The van der Waals surface area contributed by atoms with Gasteiger partial charge in [0.1, 0.15) is 0 Å². The summed E-state index contributed by atoms with van der Waals surface area (Å²) in [6, 6.07) is 0. The fourth-order valence-electron chi connectivity index (χ4n) is 1.33. The van der Waals surface area contributed by atoms with Crippen molar-refractivity contribution in [1.29, 1.82) is 0 Å². The third-order valence-corrected chi connectivity index (χ3v) is 3.64. The summed E-state index contributed by atoms with van der Waals surface area (Å²) in [4.78, 5) is 16.0. The molecule has 0 bridgehead atoms. The fraction of sp³-hybridized carbons (Fsp3) is 0.636. The maximum absolute atomic E-state index is 11.8. The van der Waals surface area contributed by atoms with Crippen LogP contribution in [0.2, 0.25) is 0 Å². The minimum absolute atomic E-state index is 0.0605. The average Bonchev–Trinajstić information content (AvgIpc) is 2.28. The summed E-state index contributed by atoms with van der Waals surface area (Å²) >= 11 is 2.05. The summed E-state index contributed by atoms with van der Waals surface area (Å²) in [6.45, 7) is 6.54. The Bertz CT molecular complexity index is 389. The number of hydrogen-bond acceptors (Lipinski definition) is 3. The van der Waals surface area contributed by atoms with Gasteiger partial charge in [0.05, 0.1) is 15.6 Å². The van der Waals surface area contributed by atoms with Crippen LogP contribution in [0.3, 0.4) is 0 Å². The first-order valence-electron chi connectivity index (χ1n) is 5.59. The number of nitrogens with one attached hydrogen (secondary N) is 1. The van der Waals surface area contributed by atoms with E-state index in [0.29, 0.717) is 10.1 Å². The van der Waals surface area contributed by atoms with Gasteiger partial charge in [-0.25, -0.2) is 4.98 Å². The van der Waals surface area contributed by atoms with Crippen LogP contribution in [-0.2, 0) is 6.54 Å². The van der Waals surface area contributed by atoms with Gasteiger partial charge in [0, 0.05) is 13.1 Å². The Morgan fingerprint density at radius 1 is 1.50 bits per heavy atom. The largest absolute Gasteiger partial charge is 0.315 e. The minimum atomic E-state index is 0.0605. The number of nitrogens with zero attached hydrogens (tertiary/aromatic N) is 2. The SMILES string of the molecule is CCCCNCCn1cnc(C)c(I)c1=O. The zero-order chi connectivity index (χ0) is 12.0. The van der Waals surface area contributed by atoms with Gasteiger partial charge in [0.15, 0.2) is 0 Å². The second-order valence-electron chi connectivity index (χ2n) is 3.75. The molecule has 0 saturated heterocycles. The molecule has 0 aliphatic rings. The van der Waals surface area contributed by atoms with E-state index < -0.39 is 0 Å². The molecule has 4 nitrogen and oxygen atoms in total. The van der Waals surface area contributed by atoms with Gasteiger partial charge in [-0.05, 0) is 42.5 Å². The highest BCUT2D eigenvalue weighted by molar-refractivity contribution is 14.1. The maximum Gasteiger partial charge on any atom is 0.267 e. The Morgan fingerprint density at radius 2 is 2.25 bits per heavy atom. The smallest absolute Gasteiger partial charge is 0.267 e. The summed E-state index contributed by atoms with van der Waals surface area (Å²) < 4.78 is 2.38. The fourth-order valence-corrected chi connectivity index (χ4v) is 1.78. The zero-order valence-electron chi connectivity index (χ0n) is 9.79. The second kappa shape index (κ2) is 7.01.